The first kappa shape index (κ1) is 23.9. The summed E-state index contributed by atoms with van der Waals surface area (Å²) in [6.45, 7) is 4.12. The highest BCUT2D eigenvalue weighted by Crippen LogP contribution is 2.32. The Bertz CT molecular complexity index is 1220. The molecule has 3 aromatic carbocycles. The van der Waals surface area contributed by atoms with Crippen LogP contribution in [0.5, 0.6) is 11.5 Å². The summed E-state index contributed by atoms with van der Waals surface area (Å²) >= 11 is 6.60. The first-order valence-electron chi connectivity index (χ1n) is 10.3. The number of rotatable bonds is 7. The van der Waals surface area contributed by atoms with Crippen molar-refractivity contribution in [3.8, 4) is 17.6 Å². The molecule has 1 amide bonds. The third kappa shape index (κ3) is 6.15. The highest BCUT2D eigenvalue weighted by atomic mass is 35.5. The maximum Gasteiger partial charge on any atom is 0.266 e. The number of nitrogens with zero attached hydrogens (tertiary/aromatic N) is 1. The van der Waals surface area contributed by atoms with Gasteiger partial charge in [0.1, 0.15) is 23.1 Å². The molecule has 168 valence electrons. The second-order valence-corrected chi connectivity index (χ2v) is 8.12. The van der Waals surface area contributed by atoms with E-state index >= 15 is 0 Å². The van der Waals surface area contributed by atoms with Crippen LogP contribution in [0.4, 0.5) is 5.69 Å². The summed E-state index contributed by atoms with van der Waals surface area (Å²) in [5.74, 6) is 0.754. The molecule has 0 bridgehead atoms. The zero-order valence-corrected chi connectivity index (χ0v) is 19.8. The lowest BCUT2D eigenvalue weighted by Crippen LogP contribution is -2.13. The third-order valence-corrected chi connectivity index (χ3v) is 5.42. The van der Waals surface area contributed by atoms with Crippen LogP contribution in [0.25, 0.3) is 6.08 Å². The SMILES string of the molecule is COc1ccc(NC(=O)/C(C#N)=C/c2cc(Cl)c(Cc3cc(C)cc(C)c3)c(OC)c2)cc1. The number of nitriles is 1. The van der Waals surface area contributed by atoms with Gasteiger partial charge in [0.25, 0.3) is 5.91 Å². The van der Waals surface area contributed by atoms with Crippen molar-refractivity contribution < 1.29 is 14.3 Å². The van der Waals surface area contributed by atoms with Gasteiger partial charge in [0, 0.05) is 22.7 Å². The molecule has 1 N–H and O–H groups in total. The summed E-state index contributed by atoms with van der Waals surface area (Å²) in [7, 11) is 3.14. The highest BCUT2D eigenvalue weighted by Gasteiger charge is 2.14. The minimum atomic E-state index is -0.517. The number of methoxy groups -OCH3 is 2. The van der Waals surface area contributed by atoms with E-state index in [9.17, 15) is 10.1 Å². The van der Waals surface area contributed by atoms with Crippen molar-refractivity contribution in [1.82, 2.24) is 0 Å². The van der Waals surface area contributed by atoms with Crippen molar-refractivity contribution in [3.63, 3.8) is 0 Å². The molecular formula is C27H25ClN2O3. The molecule has 0 aliphatic rings. The van der Waals surface area contributed by atoms with Crippen LogP contribution in [0.3, 0.4) is 0 Å². The quantitative estimate of drug-likeness (QED) is 0.341. The van der Waals surface area contributed by atoms with Crippen LogP contribution in [0.2, 0.25) is 5.02 Å². The minimum absolute atomic E-state index is 0.0500. The number of hydrogen-bond acceptors (Lipinski definition) is 4. The van der Waals surface area contributed by atoms with Gasteiger partial charge in [-0.2, -0.15) is 5.26 Å². The molecule has 6 heteroatoms. The summed E-state index contributed by atoms with van der Waals surface area (Å²) in [5, 5.41) is 12.8. The van der Waals surface area contributed by atoms with E-state index in [1.807, 2.05) is 6.07 Å². The molecule has 0 saturated heterocycles. The van der Waals surface area contributed by atoms with Crippen molar-refractivity contribution in [2.75, 3.05) is 19.5 Å². The summed E-state index contributed by atoms with van der Waals surface area (Å²) in [6, 6.07) is 18.7. The summed E-state index contributed by atoms with van der Waals surface area (Å²) in [4.78, 5) is 12.6. The fourth-order valence-electron chi connectivity index (χ4n) is 3.63. The third-order valence-electron chi connectivity index (χ3n) is 5.08. The number of hydrogen-bond donors (Lipinski definition) is 1. The number of aryl methyl sites for hydroxylation is 2. The van der Waals surface area contributed by atoms with E-state index in [1.165, 1.54) is 17.2 Å². The van der Waals surface area contributed by atoms with E-state index in [0.29, 0.717) is 34.2 Å². The zero-order valence-electron chi connectivity index (χ0n) is 19.0. The topological polar surface area (TPSA) is 71.3 Å². The first-order chi connectivity index (χ1) is 15.8. The average molecular weight is 461 g/mol. The molecule has 0 aromatic heterocycles. The molecule has 0 heterocycles. The van der Waals surface area contributed by atoms with E-state index in [2.05, 4.69) is 37.4 Å². The second-order valence-electron chi connectivity index (χ2n) is 7.71. The van der Waals surface area contributed by atoms with Crippen LogP contribution >= 0.6 is 11.6 Å². The lowest BCUT2D eigenvalue weighted by Gasteiger charge is -2.13. The fraction of sp³-hybridized carbons (Fsp3) is 0.185. The van der Waals surface area contributed by atoms with Crippen LogP contribution < -0.4 is 14.8 Å². The largest absolute Gasteiger partial charge is 0.497 e. The highest BCUT2D eigenvalue weighted by molar-refractivity contribution is 6.31. The number of nitrogens with one attached hydrogen (secondary N) is 1. The van der Waals surface area contributed by atoms with Crippen LogP contribution in [-0.2, 0) is 11.2 Å². The molecule has 0 aliphatic heterocycles. The lowest BCUT2D eigenvalue weighted by atomic mass is 9.98. The Kier molecular flexibility index (Phi) is 7.76. The molecule has 0 fully saturated rings. The number of amides is 1. The molecule has 33 heavy (non-hydrogen) atoms. The van der Waals surface area contributed by atoms with E-state index < -0.39 is 5.91 Å². The van der Waals surface area contributed by atoms with E-state index in [4.69, 9.17) is 21.1 Å². The standard InChI is InChI=1S/C27H25ClN2O3/c1-17-9-18(2)11-19(10-17)13-24-25(28)14-20(15-26(24)33-4)12-21(16-29)27(31)30-22-5-7-23(32-3)8-6-22/h5-12,14-15H,13H2,1-4H3,(H,30,31)/b21-12+. The Balaban J connectivity index is 1.87. The van der Waals surface area contributed by atoms with Crippen LogP contribution in [0, 0.1) is 25.2 Å². The Morgan fingerprint density at radius 3 is 2.27 bits per heavy atom. The molecule has 5 nitrogen and oxygen atoms in total. The minimum Gasteiger partial charge on any atom is -0.497 e. The van der Waals surface area contributed by atoms with Gasteiger partial charge >= 0.3 is 0 Å². The summed E-state index contributed by atoms with van der Waals surface area (Å²) < 4.78 is 10.7. The molecule has 0 unspecified atom stereocenters. The van der Waals surface area contributed by atoms with E-state index in [1.54, 1.807) is 50.6 Å². The monoisotopic (exact) mass is 460 g/mol. The predicted octanol–water partition coefficient (Wildman–Crippen LogP) is 6.11. The van der Waals surface area contributed by atoms with Gasteiger partial charge in [-0.1, -0.05) is 40.9 Å². The van der Waals surface area contributed by atoms with Gasteiger partial charge in [0.15, 0.2) is 0 Å². The van der Waals surface area contributed by atoms with Crippen molar-refractivity contribution in [3.05, 3.63) is 93.0 Å². The van der Waals surface area contributed by atoms with Gasteiger partial charge in [-0.15, -0.1) is 0 Å². The molecule has 0 radical (unpaired) electrons. The number of ether oxygens (including phenoxy) is 2. The van der Waals surface area contributed by atoms with Gasteiger partial charge in [-0.3, -0.25) is 4.79 Å². The molecule has 0 aliphatic carbocycles. The smallest absolute Gasteiger partial charge is 0.266 e. The van der Waals surface area contributed by atoms with Crippen LogP contribution in [0.15, 0.2) is 60.2 Å². The van der Waals surface area contributed by atoms with Gasteiger partial charge in [0.05, 0.1) is 14.2 Å². The molecule has 3 aromatic rings. The molecule has 0 saturated carbocycles. The first-order valence-corrected chi connectivity index (χ1v) is 10.7. The Morgan fingerprint density at radius 1 is 1.03 bits per heavy atom. The van der Waals surface area contributed by atoms with Crippen molar-refractivity contribution in [2.45, 2.75) is 20.3 Å². The van der Waals surface area contributed by atoms with E-state index in [-0.39, 0.29) is 5.57 Å². The van der Waals surface area contributed by atoms with Crippen molar-refractivity contribution in [2.24, 2.45) is 0 Å². The van der Waals surface area contributed by atoms with Gasteiger partial charge in [0.2, 0.25) is 0 Å². The molecular weight excluding hydrogens is 436 g/mol. The maximum atomic E-state index is 12.6. The van der Waals surface area contributed by atoms with Crippen LogP contribution in [-0.4, -0.2) is 20.1 Å². The Morgan fingerprint density at radius 2 is 1.70 bits per heavy atom. The van der Waals surface area contributed by atoms with E-state index in [0.717, 1.165) is 11.1 Å². The Labute approximate surface area is 199 Å². The number of anilines is 1. The number of halogens is 1. The predicted molar refractivity (Wildman–Crippen MR) is 132 cm³/mol. The van der Waals surface area contributed by atoms with Crippen molar-refractivity contribution in [1.29, 1.82) is 5.26 Å². The van der Waals surface area contributed by atoms with Crippen LogP contribution in [0.1, 0.15) is 27.8 Å². The number of carbonyl (C=O) groups is 1. The Hall–Kier alpha value is -3.75. The normalized spacial score (nSPS) is 11.0. The summed E-state index contributed by atoms with van der Waals surface area (Å²) in [6.07, 6.45) is 2.10. The fourth-order valence-corrected chi connectivity index (χ4v) is 3.92. The van der Waals surface area contributed by atoms with Gasteiger partial charge in [-0.05, 0) is 67.4 Å². The van der Waals surface area contributed by atoms with Gasteiger partial charge < -0.3 is 14.8 Å². The second kappa shape index (κ2) is 10.7. The maximum absolute atomic E-state index is 12.6. The van der Waals surface area contributed by atoms with Crippen molar-refractivity contribution >= 4 is 29.3 Å². The van der Waals surface area contributed by atoms with Gasteiger partial charge in [-0.25, -0.2) is 0 Å². The zero-order chi connectivity index (χ0) is 24.0. The number of carbonyl (C=O) groups excluding carboxylic acids is 1. The average Bonchev–Trinajstić information content (AvgIpc) is 2.78. The molecule has 0 spiro atoms. The lowest BCUT2D eigenvalue weighted by molar-refractivity contribution is -0.112. The molecule has 0 atom stereocenters. The molecule has 3 rings (SSSR count). The number of benzene rings is 3. The summed E-state index contributed by atoms with van der Waals surface area (Å²) in [5.41, 5.74) is 5.45.